The van der Waals surface area contributed by atoms with Gasteiger partial charge >= 0.3 is 0 Å². The van der Waals surface area contributed by atoms with E-state index in [0.717, 1.165) is 13.1 Å². The van der Waals surface area contributed by atoms with Gasteiger partial charge in [-0.3, -0.25) is 9.69 Å². The number of hydrogen-bond acceptors (Lipinski definition) is 2. The molecule has 0 bridgehead atoms. The van der Waals surface area contributed by atoms with Crippen molar-refractivity contribution in [2.75, 3.05) is 25.1 Å². The summed E-state index contributed by atoms with van der Waals surface area (Å²) in [7, 11) is 0. The first-order chi connectivity index (χ1) is 7.26. The van der Waals surface area contributed by atoms with Crippen LogP contribution < -0.4 is 10.1 Å². The van der Waals surface area contributed by atoms with Gasteiger partial charge in [0.1, 0.15) is 0 Å². The molecule has 0 saturated heterocycles. The van der Waals surface area contributed by atoms with E-state index in [1.807, 2.05) is 32.0 Å². The van der Waals surface area contributed by atoms with E-state index >= 15 is 0 Å². The highest BCUT2D eigenvalue weighted by Crippen LogP contribution is 1.85. The standard InChI is InChI=1S/C11H17N3O/c1-3-13(4-2)10-11(15)12-14-8-6-5-7-9-14/h5-9H,3-4,10H2,1-2H3/p+1. The molecule has 0 spiro atoms. The summed E-state index contributed by atoms with van der Waals surface area (Å²) in [5, 5.41) is 0. The predicted molar refractivity (Wildman–Crippen MR) is 58.8 cm³/mol. The molecule has 1 heterocycles. The van der Waals surface area contributed by atoms with Crippen LogP contribution in [0.2, 0.25) is 0 Å². The molecule has 0 aliphatic carbocycles. The number of nitrogens with one attached hydrogen (secondary N) is 1. The monoisotopic (exact) mass is 208 g/mol. The van der Waals surface area contributed by atoms with Gasteiger partial charge in [-0.05, 0) is 13.1 Å². The summed E-state index contributed by atoms with van der Waals surface area (Å²) >= 11 is 0. The summed E-state index contributed by atoms with van der Waals surface area (Å²) < 4.78 is 1.66. The minimum Gasteiger partial charge on any atom is -0.295 e. The van der Waals surface area contributed by atoms with Crippen LogP contribution in [0, 0.1) is 0 Å². The minimum absolute atomic E-state index is 0.00917. The largest absolute Gasteiger partial charge is 0.295 e. The van der Waals surface area contributed by atoms with Gasteiger partial charge in [-0.2, -0.15) is 0 Å². The molecule has 4 heteroatoms. The zero-order valence-electron chi connectivity index (χ0n) is 9.31. The first-order valence-corrected chi connectivity index (χ1v) is 5.24. The van der Waals surface area contributed by atoms with Crippen LogP contribution in [0.25, 0.3) is 0 Å². The maximum atomic E-state index is 11.6. The van der Waals surface area contributed by atoms with Crippen molar-refractivity contribution in [3.63, 3.8) is 0 Å². The lowest BCUT2D eigenvalue weighted by atomic mass is 10.4. The maximum Gasteiger partial charge on any atom is 0.288 e. The fourth-order valence-corrected chi connectivity index (χ4v) is 1.30. The van der Waals surface area contributed by atoms with Crippen LogP contribution in [0.1, 0.15) is 13.8 Å². The second-order valence-electron chi connectivity index (χ2n) is 3.28. The van der Waals surface area contributed by atoms with E-state index in [4.69, 9.17) is 0 Å². The van der Waals surface area contributed by atoms with Gasteiger partial charge < -0.3 is 0 Å². The van der Waals surface area contributed by atoms with Crippen molar-refractivity contribution in [3.8, 4) is 0 Å². The average molecular weight is 208 g/mol. The second-order valence-corrected chi connectivity index (χ2v) is 3.28. The average Bonchev–Trinajstić information content (AvgIpc) is 2.27. The molecule has 0 aliphatic heterocycles. The van der Waals surface area contributed by atoms with Crippen molar-refractivity contribution in [2.24, 2.45) is 0 Å². The van der Waals surface area contributed by atoms with E-state index in [1.165, 1.54) is 0 Å². The molecule has 0 saturated carbocycles. The first-order valence-electron chi connectivity index (χ1n) is 5.24. The zero-order valence-corrected chi connectivity index (χ0v) is 9.31. The molecular formula is C11H18N3O+. The van der Waals surface area contributed by atoms with Crippen LogP contribution in [0.5, 0.6) is 0 Å². The van der Waals surface area contributed by atoms with Crippen LogP contribution in [0.4, 0.5) is 0 Å². The van der Waals surface area contributed by atoms with Crippen LogP contribution >= 0.6 is 0 Å². The Morgan fingerprint density at radius 3 is 2.33 bits per heavy atom. The lowest BCUT2D eigenvalue weighted by Crippen LogP contribution is -2.50. The summed E-state index contributed by atoms with van der Waals surface area (Å²) in [6.45, 7) is 6.32. The molecule has 0 aromatic carbocycles. The van der Waals surface area contributed by atoms with Crippen molar-refractivity contribution in [3.05, 3.63) is 30.6 Å². The number of amides is 1. The highest BCUT2D eigenvalue weighted by atomic mass is 16.2. The third-order valence-corrected chi connectivity index (χ3v) is 2.23. The van der Waals surface area contributed by atoms with Gasteiger partial charge in [0.25, 0.3) is 5.91 Å². The Labute approximate surface area is 90.5 Å². The quantitative estimate of drug-likeness (QED) is 0.710. The molecular weight excluding hydrogens is 190 g/mol. The zero-order chi connectivity index (χ0) is 11.1. The third-order valence-electron chi connectivity index (χ3n) is 2.23. The van der Waals surface area contributed by atoms with E-state index in [2.05, 4.69) is 10.3 Å². The topological polar surface area (TPSA) is 36.2 Å². The molecule has 1 N–H and O–H groups in total. The van der Waals surface area contributed by atoms with Crippen LogP contribution in [0.3, 0.4) is 0 Å². The van der Waals surface area contributed by atoms with E-state index in [1.54, 1.807) is 17.1 Å². The van der Waals surface area contributed by atoms with Crippen LogP contribution in [-0.4, -0.2) is 30.4 Å². The Morgan fingerprint density at radius 2 is 1.80 bits per heavy atom. The van der Waals surface area contributed by atoms with Crippen molar-refractivity contribution in [2.45, 2.75) is 13.8 Å². The van der Waals surface area contributed by atoms with Crippen LogP contribution in [0.15, 0.2) is 30.6 Å². The molecule has 1 aromatic rings. The second kappa shape index (κ2) is 6.14. The van der Waals surface area contributed by atoms with Gasteiger partial charge in [0, 0.05) is 12.1 Å². The number of carbonyl (C=O) groups excluding carboxylic acids is 1. The van der Waals surface area contributed by atoms with Crippen molar-refractivity contribution >= 4 is 5.91 Å². The number of aromatic nitrogens is 1. The maximum absolute atomic E-state index is 11.6. The summed E-state index contributed by atoms with van der Waals surface area (Å²) in [5.41, 5.74) is 2.78. The first kappa shape index (κ1) is 11.7. The minimum atomic E-state index is 0.00917. The Morgan fingerprint density at radius 1 is 1.20 bits per heavy atom. The van der Waals surface area contributed by atoms with Gasteiger partial charge in [-0.25, -0.2) is 0 Å². The number of hydrogen-bond donors (Lipinski definition) is 1. The third kappa shape index (κ3) is 4.08. The van der Waals surface area contributed by atoms with Crippen LogP contribution in [-0.2, 0) is 4.79 Å². The summed E-state index contributed by atoms with van der Waals surface area (Å²) in [6, 6.07) is 5.66. The molecule has 0 atom stereocenters. The molecule has 0 unspecified atom stereocenters. The van der Waals surface area contributed by atoms with E-state index in [9.17, 15) is 4.79 Å². The Kier molecular flexibility index (Phi) is 4.77. The number of pyridine rings is 1. The van der Waals surface area contributed by atoms with E-state index in [-0.39, 0.29) is 5.91 Å². The van der Waals surface area contributed by atoms with Gasteiger partial charge in [0.15, 0.2) is 12.4 Å². The highest BCUT2D eigenvalue weighted by molar-refractivity contribution is 5.83. The van der Waals surface area contributed by atoms with Crippen molar-refractivity contribution in [1.29, 1.82) is 0 Å². The summed E-state index contributed by atoms with van der Waals surface area (Å²) in [4.78, 5) is 13.6. The van der Waals surface area contributed by atoms with Gasteiger partial charge in [-0.1, -0.05) is 24.6 Å². The number of carbonyl (C=O) groups is 1. The van der Waals surface area contributed by atoms with Crippen molar-refractivity contribution in [1.82, 2.24) is 4.90 Å². The lowest BCUT2D eigenvalue weighted by molar-refractivity contribution is -0.642. The van der Waals surface area contributed by atoms with E-state index in [0.29, 0.717) is 6.54 Å². The van der Waals surface area contributed by atoms with Crippen molar-refractivity contribution < 1.29 is 9.47 Å². The Bertz CT molecular complexity index is 296. The molecule has 0 aliphatic rings. The highest BCUT2D eigenvalue weighted by Gasteiger charge is 2.10. The number of nitrogens with zero attached hydrogens (tertiary/aromatic N) is 2. The smallest absolute Gasteiger partial charge is 0.288 e. The molecule has 15 heavy (non-hydrogen) atoms. The van der Waals surface area contributed by atoms with Gasteiger partial charge in [0.2, 0.25) is 0 Å². The van der Waals surface area contributed by atoms with E-state index < -0.39 is 0 Å². The fourth-order valence-electron chi connectivity index (χ4n) is 1.30. The molecule has 0 fully saturated rings. The number of likely N-dealkylation sites (N-methyl/N-ethyl adjacent to an activating group) is 1. The molecule has 1 rings (SSSR count). The SMILES string of the molecule is CCN(CC)CC(=O)N[n+]1ccccc1. The molecule has 4 nitrogen and oxygen atoms in total. The lowest BCUT2D eigenvalue weighted by Gasteiger charge is -2.15. The van der Waals surface area contributed by atoms with Gasteiger partial charge in [-0.15, -0.1) is 5.43 Å². The van der Waals surface area contributed by atoms with Gasteiger partial charge in [0.05, 0.1) is 6.54 Å². The molecule has 0 radical (unpaired) electrons. The molecule has 1 aromatic heterocycles. The molecule has 82 valence electrons. The molecule has 1 amide bonds. The Hall–Kier alpha value is -1.42. The summed E-state index contributed by atoms with van der Waals surface area (Å²) in [5.74, 6) is 0.00917. The fraction of sp³-hybridized carbons (Fsp3) is 0.455. The summed E-state index contributed by atoms with van der Waals surface area (Å²) in [6.07, 6.45) is 3.61. The normalized spacial score (nSPS) is 10.3. The Balaban J connectivity index is 2.43. The predicted octanol–water partition coefficient (Wildman–Crippen LogP) is 0.386. The number of rotatable bonds is 5.